The van der Waals surface area contributed by atoms with Crippen molar-refractivity contribution in [2.24, 2.45) is 0 Å². The Balaban J connectivity index is 1.84. The number of nitrogens with one attached hydrogen (secondary N) is 1. The summed E-state index contributed by atoms with van der Waals surface area (Å²) < 4.78 is 0. The van der Waals surface area contributed by atoms with Crippen LogP contribution in [0.4, 0.5) is 11.4 Å². The molecule has 1 fully saturated rings. The van der Waals surface area contributed by atoms with E-state index in [0.29, 0.717) is 5.69 Å². The fourth-order valence-electron chi connectivity index (χ4n) is 2.61. The molecule has 0 radical (unpaired) electrons. The number of aryl methyl sites for hydroxylation is 1. The van der Waals surface area contributed by atoms with Gasteiger partial charge < -0.3 is 4.90 Å². The molecular weight excluding hydrogens is 314 g/mol. The summed E-state index contributed by atoms with van der Waals surface area (Å²) in [5.41, 5.74) is 6.40. The summed E-state index contributed by atoms with van der Waals surface area (Å²) in [6.45, 7) is 4.96. The van der Waals surface area contributed by atoms with Crippen molar-refractivity contribution >= 4 is 29.3 Å². The lowest BCUT2D eigenvalue weighted by Crippen LogP contribution is -2.35. The highest BCUT2D eigenvalue weighted by molar-refractivity contribution is 6.31. The van der Waals surface area contributed by atoms with Crippen LogP contribution >= 0.6 is 0 Å². The quantitative estimate of drug-likeness (QED) is 0.690. The van der Waals surface area contributed by atoms with E-state index in [1.165, 1.54) is 5.01 Å². The van der Waals surface area contributed by atoms with Gasteiger partial charge in [0.15, 0.2) is 0 Å². The monoisotopic (exact) mass is 335 g/mol. The van der Waals surface area contributed by atoms with Gasteiger partial charge in [-0.15, -0.1) is 0 Å². The number of hydrogen-bond donors (Lipinski definition) is 1. The molecule has 2 amide bonds. The highest BCUT2D eigenvalue weighted by Crippen LogP contribution is 2.22. The maximum Gasteiger partial charge on any atom is 0.282 e. The van der Waals surface area contributed by atoms with Gasteiger partial charge in [-0.3, -0.25) is 15.0 Å². The minimum absolute atomic E-state index is 0.136. The number of amides is 2. The highest BCUT2D eigenvalue weighted by atomic mass is 16.2. The second-order valence-corrected chi connectivity index (χ2v) is 6.08. The van der Waals surface area contributed by atoms with E-state index in [1.807, 2.05) is 62.5 Å². The van der Waals surface area contributed by atoms with Crippen LogP contribution in [0.1, 0.15) is 18.1 Å². The normalized spacial score (nSPS) is 15.6. The second-order valence-electron chi connectivity index (χ2n) is 6.08. The topological polar surface area (TPSA) is 52.7 Å². The summed E-state index contributed by atoms with van der Waals surface area (Å²) in [5, 5.41) is 1.28. The number of benzene rings is 2. The number of anilines is 2. The van der Waals surface area contributed by atoms with Gasteiger partial charge in [-0.25, -0.2) is 5.01 Å². The molecule has 1 saturated heterocycles. The van der Waals surface area contributed by atoms with Gasteiger partial charge in [0.05, 0.1) is 5.69 Å². The lowest BCUT2D eigenvalue weighted by molar-refractivity contribution is -0.117. The molecule has 0 aromatic heterocycles. The molecule has 1 N–H and O–H groups in total. The van der Waals surface area contributed by atoms with E-state index in [2.05, 4.69) is 17.2 Å². The lowest BCUT2D eigenvalue weighted by Gasteiger charge is -2.16. The Labute approximate surface area is 147 Å². The van der Waals surface area contributed by atoms with Crippen molar-refractivity contribution in [3.8, 4) is 0 Å². The van der Waals surface area contributed by atoms with Crippen LogP contribution in [-0.2, 0) is 9.59 Å². The van der Waals surface area contributed by atoms with Crippen LogP contribution in [0, 0.1) is 6.92 Å². The Hall–Kier alpha value is -3.08. The molecule has 1 heterocycles. The molecule has 0 aliphatic carbocycles. The molecule has 0 saturated carbocycles. The van der Waals surface area contributed by atoms with E-state index in [9.17, 15) is 9.59 Å². The molecule has 5 heteroatoms. The predicted molar refractivity (Wildman–Crippen MR) is 100 cm³/mol. The molecule has 5 nitrogen and oxygen atoms in total. The van der Waals surface area contributed by atoms with Crippen molar-refractivity contribution in [3.05, 3.63) is 65.2 Å². The van der Waals surface area contributed by atoms with Crippen LogP contribution in [0.15, 0.2) is 54.1 Å². The Morgan fingerprint density at radius 1 is 1.04 bits per heavy atom. The summed E-state index contributed by atoms with van der Waals surface area (Å²) in [5.74, 6) is -0.732. The third kappa shape index (κ3) is 3.40. The Morgan fingerprint density at radius 3 is 2.28 bits per heavy atom. The van der Waals surface area contributed by atoms with Crippen LogP contribution in [-0.4, -0.2) is 25.4 Å². The summed E-state index contributed by atoms with van der Waals surface area (Å²) in [6, 6.07) is 15.2. The molecule has 0 bridgehead atoms. The fraction of sp³-hybridized carbons (Fsp3) is 0.200. The molecule has 2 aromatic carbocycles. The Bertz CT molecular complexity index is 823. The smallest absolute Gasteiger partial charge is 0.282 e. The van der Waals surface area contributed by atoms with E-state index < -0.39 is 0 Å². The zero-order valence-electron chi connectivity index (χ0n) is 14.6. The minimum atomic E-state index is -0.389. The molecule has 0 unspecified atom stereocenters. The molecule has 1 aliphatic rings. The van der Waals surface area contributed by atoms with Crippen molar-refractivity contribution in [3.63, 3.8) is 0 Å². The zero-order valence-corrected chi connectivity index (χ0v) is 14.6. The number of hydrazine groups is 1. The van der Waals surface area contributed by atoms with Crippen molar-refractivity contribution in [2.45, 2.75) is 13.8 Å². The van der Waals surface area contributed by atoms with Gasteiger partial charge in [-0.1, -0.05) is 29.8 Å². The number of nitrogens with zero attached hydrogens (tertiary/aromatic N) is 2. The minimum Gasteiger partial charge on any atom is -0.375 e. The average molecular weight is 335 g/mol. The lowest BCUT2D eigenvalue weighted by atomic mass is 10.1. The van der Waals surface area contributed by atoms with Gasteiger partial charge >= 0.3 is 0 Å². The second kappa shape index (κ2) is 6.81. The SMILES string of the molecule is CCN(C)c1ccc(/C=C2/C(=O)NN(c3ccc(C)cc3)C2=O)cc1. The van der Waals surface area contributed by atoms with Crippen LogP contribution in [0.25, 0.3) is 6.08 Å². The molecule has 3 rings (SSSR count). The van der Waals surface area contributed by atoms with Crippen LogP contribution in [0.5, 0.6) is 0 Å². The maximum absolute atomic E-state index is 12.6. The molecule has 0 atom stereocenters. The average Bonchev–Trinajstić information content (AvgIpc) is 2.90. The number of rotatable bonds is 4. The first-order valence-electron chi connectivity index (χ1n) is 8.24. The van der Waals surface area contributed by atoms with Crippen LogP contribution < -0.4 is 15.3 Å². The third-order valence-corrected chi connectivity index (χ3v) is 4.30. The van der Waals surface area contributed by atoms with Gasteiger partial charge in [0.2, 0.25) is 0 Å². The van der Waals surface area contributed by atoms with E-state index in [4.69, 9.17) is 0 Å². The maximum atomic E-state index is 12.6. The Morgan fingerprint density at radius 2 is 1.68 bits per heavy atom. The first-order valence-corrected chi connectivity index (χ1v) is 8.24. The number of carbonyl (C=O) groups excluding carboxylic acids is 2. The molecule has 2 aromatic rings. The first-order chi connectivity index (χ1) is 12.0. The highest BCUT2D eigenvalue weighted by Gasteiger charge is 2.34. The van der Waals surface area contributed by atoms with E-state index >= 15 is 0 Å². The molecule has 1 aliphatic heterocycles. The van der Waals surface area contributed by atoms with E-state index in [-0.39, 0.29) is 17.4 Å². The van der Waals surface area contributed by atoms with E-state index in [0.717, 1.165) is 23.4 Å². The van der Waals surface area contributed by atoms with E-state index in [1.54, 1.807) is 6.08 Å². The summed E-state index contributed by atoms with van der Waals surface area (Å²) in [4.78, 5) is 26.9. The van der Waals surface area contributed by atoms with Crippen LogP contribution in [0.3, 0.4) is 0 Å². The third-order valence-electron chi connectivity index (χ3n) is 4.30. The van der Waals surface area contributed by atoms with Gasteiger partial charge in [-0.2, -0.15) is 0 Å². The standard InChI is InChI=1S/C20H21N3O2/c1-4-22(3)16-11-7-15(8-12-16)13-18-19(24)21-23(20(18)25)17-9-5-14(2)6-10-17/h5-13H,4H2,1-3H3,(H,21,24)/b18-13-. The summed E-state index contributed by atoms with van der Waals surface area (Å²) in [7, 11) is 2.01. The van der Waals surface area contributed by atoms with Crippen molar-refractivity contribution in [2.75, 3.05) is 23.5 Å². The van der Waals surface area contributed by atoms with Crippen molar-refractivity contribution in [1.29, 1.82) is 0 Å². The van der Waals surface area contributed by atoms with Gasteiger partial charge in [0, 0.05) is 19.3 Å². The predicted octanol–water partition coefficient (Wildman–Crippen LogP) is 2.91. The molecule has 128 valence electrons. The summed E-state index contributed by atoms with van der Waals surface area (Å²) >= 11 is 0. The molecule has 0 spiro atoms. The first kappa shape index (κ1) is 16.8. The van der Waals surface area contributed by atoms with Crippen molar-refractivity contribution in [1.82, 2.24) is 5.43 Å². The van der Waals surface area contributed by atoms with Gasteiger partial charge in [0.25, 0.3) is 11.8 Å². The summed E-state index contributed by atoms with van der Waals surface area (Å²) in [6.07, 6.45) is 1.63. The fourth-order valence-corrected chi connectivity index (χ4v) is 2.61. The van der Waals surface area contributed by atoms with Gasteiger partial charge in [0.1, 0.15) is 5.57 Å². The number of carbonyl (C=O) groups is 2. The molecular formula is C20H21N3O2. The molecule has 25 heavy (non-hydrogen) atoms. The number of hydrogen-bond acceptors (Lipinski definition) is 3. The van der Waals surface area contributed by atoms with Gasteiger partial charge in [-0.05, 0) is 49.8 Å². The van der Waals surface area contributed by atoms with Crippen molar-refractivity contribution < 1.29 is 9.59 Å². The van der Waals surface area contributed by atoms with Crippen LogP contribution in [0.2, 0.25) is 0 Å². The Kier molecular flexibility index (Phi) is 4.57. The largest absolute Gasteiger partial charge is 0.375 e. The zero-order chi connectivity index (χ0) is 18.0.